The number of likely N-dealkylation sites (tertiary alicyclic amines) is 1. The number of halogens is 2. The molecule has 1 saturated heterocycles. The Labute approximate surface area is 149 Å². The number of anilines is 2. The zero-order valence-electron chi connectivity index (χ0n) is 14.4. The van der Waals surface area contributed by atoms with Crippen molar-refractivity contribution in [3.63, 3.8) is 0 Å². The van der Waals surface area contributed by atoms with Crippen LogP contribution >= 0.6 is 0 Å². The summed E-state index contributed by atoms with van der Waals surface area (Å²) in [4.78, 5) is 6.56. The highest BCUT2D eigenvalue weighted by Crippen LogP contribution is 2.26. The molecule has 1 aliphatic rings. The molecule has 3 aromatic rings. The maximum Gasteiger partial charge on any atom is 0.154 e. The van der Waals surface area contributed by atoms with Crippen LogP contribution in [0, 0.1) is 11.6 Å². The molecule has 0 amide bonds. The summed E-state index contributed by atoms with van der Waals surface area (Å²) in [7, 11) is 2.11. The number of benzene rings is 1. The van der Waals surface area contributed by atoms with Crippen molar-refractivity contribution in [2.24, 2.45) is 0 Å². The fourth-order valence-electron chi connectivity index (χ4n) is 3.24. The van der Waals surface area contributed by atoms with Crippen molar-refractivity contribution >= 4 is 17.2 Å². The molecule has 1 aliphatic heterocycles. The highest BCUT2D eigenvalue weighted by atomic mass is 19.1. The molecule has 2 aromatic heterocycles. The maximum atomic E-state index is 13.8. The number of hydrogen-bond donors (Lipinski definition) is 2. The zero-order valence-corrected chi connectivity index (χ0v) is 14.4. The van der Waals surface area contributed by atoms with Crippen LogP contribution in [0.15, 0.2) is 30.5 Å². The normalized spacial score (nSPS) is 16.3. The van der Waals surface area contributed by atoms with Crippen LogP contribution in [0.2, 0.25) is 0 Å². The van der Waals surface area contributed by atoms with Crippen molar-refractivity contribution in [2.75, 3.05) is 31.2 Å². The lowest BCUT2D eigenvalue weighted by Gasteiger charge is -2.29. The summed E-state index contributed by atoms with van der Waals surface area (Å²) in [6.45, 7) is 2.08. The van der Waals surface area contributed by atoms with E-state index in [9.17, 15) is 8.78 Å². The molecule has 4 rings (SSSR count). The molecule has 0 spiro atoms. The van der Waals surface area contributed by atoms with Crippen LogP contribution < -0.4 is 11.1 Å². The van der Waals surface area contributed by atoms with Gasteiger partial charge in [-0.3, -0.25) is 0 Å². The SMILES string of the molecule is CN1CCC(Nc2ccc3ncc(-c4cc(F)c(N)c(F)c4)n3n2)CC1. The minimum atomic E-state index is -0.796. The van der Waals surface area contributed by atoms with Crippen LogP contribution in [-0.2, 0) is 0 Å². The first-order valence-corrected chi connectivity index (χ1v) is 8.56. The molecule has 0 radical (unpaired) electrons. The van der Waals surface area contributed by atoms with Crippen molar-refractivity contribution < 1.29 is 8.78 Å². The van der Waals surface area contributed by atoms with Crippen LogP contribution in [0.4, 0.5) is 20.3 Å². The van der Waals surface area contributed by atoms with Crippen LogP contribution in [0.1, 0.15) is 12.8 Å². The Hall–Kier alpha value is -2.74. The Balaban J connectivity index is 1.67. The molecule has 6 nitrogen and oxygen atoms in total. The summed E-state index contributed by atoms with van der Waals surface area (Å²) < 4.78 is 29.2. The molecular weight excluding hydrogens is 338 g/mol. The molecule has 26 heavy (non-hydrogen) atoms. The van der Waals surface area contributed by atoms with E-state index in [1.165, 1.54) is 12.1 Å². The largest absolute Gasteiger partial charge is 0.394 e. The number of imidazole rings is 1. The molecular formula is C18H20F2N6. The number of nitrogens with two attached hydrogens (primary N) is 1. The highest BCUT2D eigenvalue weighted by Gasteiger charge is 2.18. The summed E-state index contributed by atoms with van der Waals surface area (Å²) in [5, 5.41) is 8.00. The zero-order chi connectivity index (χ0) is 18.3. The molecule has 0 atom stereocenters. The summed E-state index contributed by atoms with van der Waals surface area (Å²) >= 11 is 0. The van der Waals surface area contributed by atoms with E-state index in [0.717, 1.165) is 25.9 Å². The third kappa shape index (κ3) is 3.08. The average molecular weight is 358 g/mol. The van der Waals surface area contributed by atoms with Gasteiger partial charge in [0.1, 0.15) is 23.1 Å². The van der Waals surface area contributed by atoms with E-state index in [1.54, 1.807) is 10.7 Å². The molecule has 1 aromatic carbocycles. The Kier molecular flexibility index (Phi) is 4.20. The van der Waals surface area contributed by atoms with Gasteiger partial charge in [-0.15, -0.1) is 5.10 Å². The lowest BCUT2D eigenvalue weighted by atomic mass is 10.1. The van der Waals surface area contributed by atoms with E-state index in [-0.39, 0.29) is 0 Å². The Morgan fingerprint density at radius 1 is 1.15 bits per heavy atom. The van der Waals surface area contributed by atoms with Crippen molar-refractivity contribution in [1.29, 1.82) is 0 Å². The number of fused-ring (bicyclic) bond motifs is 1. The van der Waals surface area contributed by atoms with Gasteiger partial charge in [0.25, 0.3) is 0 Å². The minimum absolute atomic E-state index is 0.339. The highest BCUT2D eigenvalue weighted by molar-refractivity contribution is 5.66. The first-order chi connectivity index (χ1) is 12.5. The molecule has 1 fully saturated rings. The number of aromatic nitrogens is 3. The standard InChI is InChI=1S/C18H20F2N6/c1-25-6-4-12(5-7-25)23-16-2-3-17-22-10-15(26(17)24-16)11-8-13(19)18(21)14(20)9-11/h2-3,8-10,12H,4-7,21H2,1H3,(H,23,24). The molecule has 8 heteroatoms. The van der Waals surface area contributed by atoms with Gasteiger partial charge in [0.15, 0.2) is 5.65 Å². The predicted octanol–water partition coefficient (Wildman–Crippen LogP) is 2.76. The third-order valence-electron chi connectivity index (χ3n) is 4.81. The lowest BCUT2D eigenvalue weighted by Crippen LogP contribution is -2.36. The first kappa shape index (κ1) is 16.7. The average Bonchev–Trinajstić information content (AvgIpc) is 3.04. The molecule has 3 N–H and O–H groups in total. The van der Waals surface area contributed by atoms with Gasteiger partial charge in [-0.1, -0.05) is 0 Å². The fourth-order valence-corrected chi connectivity index (χ4v) is 3.24. The van der Waals surface area contributed by atoms with E-state index in [0.29, 0.717) is 28.8 Å². The van der Waals surface area contributed by atoms with E-state index < -0.39 is 17.3 Å². The number of piperidine rings is 1. The molecule has 0 bridgehead atoms. The second-order valence-electron chi connectivity index (χ2n) is 6.71. The smallest absolute Gasteiger partial charge is 0.154 e. The van der Waals surface area contributed by atoms with Gasteiger partial charge in [-0.05, 0) is 57.2 Å². The number of rotatable bonds is 3. The molecule has 3 heterocycles. The van der Waals surface area contributed by atoms with Gasteiger partial charge in [0.2, 0.25) is 0 Å². The summed E-state index contributed by atoms with van der Waals surface area (Å²) in [6.07, 6.45) is 3.63. The summed E-state index contributed by atoms with van der Waals surface area (Å²) in [6, 6.07) is 6.45. The van der Waals surface area contributed by atoms with Crippen LogP contribution in [0.5, 0.6) is 0 Å². The maximum absolute atomic E-state index is 13.8. The number of hydrogen-bond acceptors (Lipinski definition) is 5. The second kappa shape index (κ2) is 6.53. The van der Waals surface area contributed by atoms with Crippen molar-refractivity contribution in [3.05, 3.63) is 42.1 Å². The van der Waals surface area contributed by atoms with E-state index in [1.807, 2.05) is 12.1 Å². The number of nitrogens with zero attached hydrogens (tertiary/aromatic N) is 4. The predicted molar refractivity (Wildman–Crippen MR) is 96.9 cm³/mol. The number of nitrogen functional groups attached to an aromatic ring is 1. The third-order valence-corrected chi connectivity index (χ3v) is 4.81. The van der Waals surface area contributed by atoms with Gasteiger partial charge in [-0.2, -0.15) is 0 Å². The van der Waals surface area contributed by atoms with Crippen molar-refractivity contribution in [2.45, 2.75) is 18.9 Å². The van der Waals surface area contributed by atoms with Crippen LogP contribution in [0.3, 0.4) is 0 Å². The van der Waals surface area contributed by atoms with Gasteiger partial charge >= 0.3 is 0 Å². The molecule has 0 saturated carbocycles. The summed E-state index contributed by atoms with van der Waals surface area (Å²) in [5.74, 6) is -0.881. The van der Waals surface area contributed by atoms with Gasteiger partial charge in [0, 0.05) is 11.6 Å². The van der Waals surface area contributed by atoms with E-state index >= 15 is 0 Å². The molecule has 0 aliphatic carbocycles. The van der Waals surface area contributed by atoms with Crippen molar-refractivity contribution in [1.82, 2.24) is 19.5 Å². The van der Waals surface area contributed by atoms with E-state index in [4.69, 9.17) is 5.73 Å². The first-order valence-electron chi connectivity index (χ1n) is 8.56. The Morgan fingerprint density at radius 2 is 1.85 bits per heavy atom. The van der Waals surface area contributed by atoms with E-state index in [2.05, 4.69) is 27.3 Å². The minimum Gasteiger partial charge on any atom is -0.394 e. The Morgan fingerprint density at radius 3 is 2.54 bits per heavy atom. The number of nitrogens with one attached hydrogen (secondary N) is 1. The second-order valence-corrected chi connectivity index (χ2v) is 6.71. The summed E-state index contributed by atoms with van der Waals surface area (Å²) in [5.41, 5.74) is 6.31. The molecule has 136 valence electrons. The van der Waals surface area contributed by atoms with Crippen molar-refractivity contribution in [3.8, 4) is 11.3 Å². The topological polar surface area (TPSA) is 71.5 Å². The molecule has 0 unspecified atom stereocenters. The van der Waals surface area contributed by atoms with Gasteiger partial charge < -0.3 is 16.0 Å². The van der Waals surface area contributed by atoms with Gasteiger partial charge in [0.05, 0.1) is 11.9 Å². The quantitative estimate of drug-likeness (QED) is 0.705. The van der Waals surface area contributed by atoms with Crippen LogP contribution in [0.25, 0.3) is 16.9 Å². The Bertz CT molecular complexity index is 923. The monoisotopic (exact) mass is 358 g/mol. The fraction of sp³-hybridized carbons (Fsp3) is 0.333. The van der Waals surface area contributed by atoms with Crippen LogP contribution in [-0.4, -0.2) is 45.7 Å². The lowest BCUT2D eigenvalue weighted by molar-refractivity contribution is 0.263. The van der Waals surface area contributed by atoms with Gasteiger partial charge in [-0.25, -0.2) is 18.3 Å².